The highest BCUT2D eigenvalue weighted by molar-refractivity contribution is 5.92. The molecule has 3 aromatic heterocycles. The summed E-state index contributed by atoms with van der Waals surface area (Å²) in [6.07, 6.45) is 4.78. The number of ether oxygens (including phenoxy) is 1. The first-order valence-electron chi connectivity index (χ1n) is 11.0. The molecule has 35 heavy (non-hydrogen) atoms. The number of halogens is 2. The predicted molar refractivity (Wildman–Crippen MR) is 127 cm³/mol. The van der Waals surface area contributed by atoms with Crippen molar-refractivity contribution in [3.8, 4) is 0 Å². The van der Waals surface area contributed by atoms with Crippen molar-refractivity contribution in [1.82, 2.24) is 24.6 Å². The summed E-state index contributed by atoms with van der Waals surface area (Å²) in [4.78, 5) is 33.0. The van der Waals surface area contributed by atoms with E-state index >= 15 is 4.39 Å². The average Bonchev–Trinajstić information content (AvgIpc) is 3.27. The third-order valence-corrected chi connectivity index (χ3v) is 6.30. The van der Waals surface area contributed by atoms with E-state index < -0.39 is 17.2 Å². The van der Waals surface area contributed by atoms with E-state index in [-0.39, 0.29) is 17.5 Å². The number of nitrogens with zero attached hydrogens (tertiary/aromatic N) is 3. The Labute approximate surface area is 198 Å². The van der Waals surface area contributed by atoms with Gasteiger partial charge in [-0.2, -0.15) is 0 Å². The van der Waals surface area contributed by atoms with Crippen molar-refractivity contribution in [2.24, 2.45) is 0 Å². The molecule has 0 saturated carbocycles. The van der Waals surface area contributed by atoms with Crippen LogP contribution in [-0.4, -0.2) is 58.5 Å². The molecule has 0 spiro atoms. The number of aromatic nitrogens is 3. The molecule has 0 saturated heterocycles. The number of carbonyl (C=O) groups excluding carboxylic acids is 1. The van der Waals surface area contributed by atoms with E-state index in [9.17, 15) is 14.0 Å². The van der Waals surface area contributed by atoms with Crippen LogP contribution in [0.4, 0.5) is 8.78 Å². The van der Waals surface area contributed by atoms with E-state index in [1.165, 1.54) is 22.7 Å². The van der Waals surface area contributed by atoms with Crippen molar-refractivity contribution in [3.05, 3.63) is 87.6 Å². The Bertz CT molecular complexity index is 1520. The molecule has 4 heterocycles. The molecule has 2 N–H and O–H groups in total. The number of H-pyrrole nitrogens is 1. The number of rotatable bonds is 5. The van der Waals surface area contributed by atoms with Crippen molar-refractivity contribution in [3.63, 3.8) is 0 Å². The van der Waals surface area contributed by atoms with Crippen LogP contribution in [0, 0.1) is 11.6 Å². The Morgan fingerprint density at radius 3 is 2.80 bits per heavy atom. The summed E-state index contributed by atoms with van der Waals surface area (Å²) < 4.78 is 36.0. The number of amides is 1. The summed E-state index contributed by atoms with van der Waals surface area (Å²) in [5.74, 6) is -1.36. The van der Waals surface area contributed by atoms with Gasteiger partial charge in [-0.25, -0.2) is 8.78 Å². The highest BCUT2D eigenvalue weighted by atomic mass is 19.1. The SMILES string of the molecule is CNC(=O)c1ccc(C2=CCN(Cc3cc4[nH]c(=O)c5c(F)ccn5c4cc3F)CC2OC)cn1. The highest BCUT2D eigenvalue weighted by Gasteiger charge is 2.25. The van der Waals surface area contributed by atoms with Crippen LogP contribution < -0.4 is 10.9 Å². The summed E-state index contributed by atoms with van der Waals surface area (Å²) in [5, 5.41) is 2.54. The number of methoxy groups -OCH3 is 1. The quantitative estimate of drug-likeness (QED) is 0.459. The molecule has 180 valence electrons. The summed E-state index contributed by atoms with van der Waals surface area (Å²) in [6, 6.07) is 7.57. The van der Waals surface area contributed by atoms with Gasteiger partial charge < -0.3 is 19.4 Å². The lowest BCUT2D eigenvalue weighted by Gasteiger charge is -2.32. The molecule has 1 aliphatic heterocycles. The maximum Gasteiger partial charge on any atom is 0.275 e. The third kappa shape index (κ3) is 4.11. The predicted octanol–water partition coefficient (Wildman–Crippen LogP) is 2.73. The zero-order chi connectivity index (χ0) is 24.7. The smallest absolute Gasteiger partial charge is 0.275 e. The second-order valence-corrected chi connectivity index (χ2v) is 8.39. The Balaban J connectivity index is 1.41. The molecule has 0 bridgehead atoms. The lowest BCUT2D eigenvalue weighted by molar-refractivity contribution is 0.0958. The van der Waals surface area contributed by atoms with Gasteiger partial charge in [0, 0.05) is 57.8 Å². The summed E-state index contributed by atoms with van der Waals surface area (Å²) in [7, 11) is 3.16. The van der Waals surface area contributed by atoms with Crippen LogP contribution in [-0.2, 0) is 11.3 Å². The Hall–Kier alpha value is -3.89. The van der Waals surface area contributed by atoms with Crippen molar-refractivity contribution < 1.29 is 18.3 Å². The van der Waals surface area contributed by atoms with Crippen LogP contribution in [0.1, 0.15) is 21.6 Å². The molecule has 1 unspecified atom stereocenters. The molecule has 1 amide bonds. The van der Waals surface area contributed by atoms with Gasteiger partial charge in [0.2, 0.25) is 0 Å². The van der Waals surface area contributed by atoms with Gasteiger partial charge in [-0.15, -0.1) is 0 Å². The molecule has 0 aliphatic carbocycles. The number of hydrogen-bond acceptors (Lipinski definition) is 5. The summed E-state index contributed by atoms with van der Waals surface area (Å²) >= 11 is 0. The van der Waals surface area contributed by atoms with Gasteiger partial charge in [-0.05, 0) is 29.3 Å². The summed E-state index contributed by atoms with van der Waals surface area (Å²) in [6.45, 7) is 1.34. The lowest BCUT2D eigenvalue weighted by Crippen LogP contribution is -2.38. The maximum atomic E-state index is 15.0. The van der Waals surface area contributed by atoms with Gasteiger partial charge in [0.25, 0.3) is 11.5 Å². The molecule has 0 radical (unpaired) electrons. The largest absolute Gasteiger partial charge is 0.375 e. The summed E-state index contributed by atoms with van der Waals surface area (Å²) in [5.41, 5.74) is 2.62. The van der Waals surface area contributed by atoms with Crippen molar-refractivity contribution in [1.29, 1.82) is 0 Å². The van der Waals surface area contributed by atoms with E-state index in [0.29, 0.717) is 41.9 Å². The molecular formula is C25H23F2N5O3. The second kappa shape index (κ2) is 9.05. The van der Waals surface area contributed by atoms with E-state index in [2.05, 4.69) is 15.3 Å². The maximum absolute atomic E-state index is 15.0. The van der Waals surface area contributed by atoms with E-state index in [4.69, 9.17) is 4.74 Å². The Morgan fingerprint density at radius 2 is 2.09 bits per heavy atom. The normalized spacial score (nSPS) is 16.6. The van der Waals surface area contributed by atoms with Crippen molar-refractivity contribution in [2.45, 2.75) is 12.6 Å². The van der Waals surface area contributed by atoms with Gasteiger partial charge in [0.1, 0.15) is 17.0 Å². The van der Waals surface area contributed by atoms with Crippen LogP contribution in [0.3, 0.4) is 0 Å². The number of pyridine rings is 1. The monoisotopic (exact) mass is 479 g/mol. The minimum absolute atomic E-state index is 0.140. The number of nitrogens with one attached hydrogen (secondary N) is 2. The minimum atomic E-state index is -0.655. The van der Waals surface area contributed by atoms with Crippen LogP contribution in [0.2, 0.25) is 0 Å². The number of hydrogen-bond donors (Lipinski definition) is 2. The van der Waals surface area contributed by atoms with Crippen molar-refractivity contribution in [2.75, 3.05) is 27.2 Å². The molecule has 0 fully saturated rings. The Morgan fingerprint density at radius 1 is 1.26 bits per heavy atom. The Kier molecular flexibility index (Phi) is 5.91. The van der Waals surface area contributed by atoms with Gasteiger partial charge in [0.15, 0.2) is 5.82 Å². The fraction of sp³-hybridized carbons (Fsp3) is 0.240. The number of carbonyl (C=O) groups is 1. The van der Waals surface area contributed by atoms with Crippen LogP contribution in [0.15, 0.2) is 53.6 Å². The fourth-order valence-electron chi connectivity index (χ4n) is 4.51. The van der Waals surface area contributed by atoms with Gasteiger partial charge >= 0.3 is 0 Å². The first-order valence-corrected chi connectivity index (χ1v) is 11.0. The van der Waals surface area contributed by atoms with Crippen LogP contribution in [0.25, 0.3) is 22.1 Å². The van der Waals surface area contributed by atoms with E-state index in [1.54, 1.807) is 32.5 Å². The highest BCUT2D eigenvalue weighted by Crippen LogP contribution is 2.27. The third-order valence-electron chi connectivity index (χ3n) is 6.30. The molecule has 8 nitrogen and oxygen atoms in total. The molecule has 4 aromatic rings. The molecule has 1 aromatic carbocycles. The van der Waals surface area contributed by atoms with Gasteiger partial charge in [-0.1, -0.05) is 12.1 Å². The molecule has 10 heteroatoms. The molecular weight excluding hydrogens is 456 g/mol. The standard InChI is InChI=1S/C25H23F2N5O3/c1-28-24(33)19-4-3-14(11-29-19)16-5-7-31(13-22(16)35-2)12-15-9-20-21(10-18(15)27)32-8-6-17(26)23(32)25(34)30-20/h3-6,8-11,22H,7,12-13H2,1-2H3,(H,28,33)(H,30,34). The second-order valence-electron chi connectivity index (χ2n) is 8.39. The molecule has 1 aliphatic rings. The number of fused-ring (bicyclic) bond motifs is 3. The van der Waals surface area contributed by atoms with Crippen LogP contribution >= 0.6 is 0 Å². The number of benzene rings is 1. The van der Waals surface area contributed by atoms with Crippen LogP contribution in [0.5, 0.6) is 0 Å². The molecule has 5 rings (SSSR count). The zero-order valence-electron chi connectivity index (χ0n) is 19.1. The fourth-order valence-corrected chi connectivity index (χ4v) is 4.51. The van der Waals surface area contributed by atoms with Gasteiger partial charge in [-0.3, -0.25) is 19.5 Å². The van der Waals surface area contributed by atoms with Gasteiger partial charge in [0.05, 0.1) is 17.1 Å². The first-order chi connectivity index (χ1) is 16.9. The number of aromatic amines is 1. The minimum Gasteiger partial charge on any atom is -0.375 e. The van der Waals surface area contributed by atoms with E-state index in [0.717, 1.165) is 11.1 Å². The lowest BCUT2D eigenvalue weighted by atomic mass is 9.97. The van der Waals surface area contributed by atoms with E-state index in [1.807, 2.05) is 17.0 Å². The first kappa shape index (κ1) is 22.9. The average molecular weight is 479 g/mol. The topological polar surface area (TPSA) is 91.7 Å². The zero-order valence-corrected chi connectivity index (χ0v) is 19.1. The molecule has 1 atom stereocenters. The van der Waals surface area contributed by atoms with Crippen molar-refractivity contribution >= 4 is 28.0 Å².